The highest BCUT2D eigenvalue weighted by molar-refractivity contribution is 5.94. The normalized spacial score (nSPS) is 19.2. The zero-order chi connectivity index (χ0) is 14.9. The molecule has 1 saturated heterocycles. The molecule has 0 bridgehead atoms. The predicted octanol–water partition coefficient (Wildman–Crippen LogP) is 2.09. The monoisotopic (exact) mass is 291 g/mol. The van der Waals surface area contributed by atoms with Gasteiger partial charge in [0.05, 0.1) is 5.56 Å². The van der Waals surface area contributed by atoms with Gasteiger partial charge in [0.1, 0.15) is 0 Å². The fourth-order valence-electron chi connectivity index (χ4n) is 2.30. The molecular formula is C13H13F4NO2. The number of carbonyl (C=O) groups excluding carboxylic acids is 1. The first-order valence-electron chi connectivity index (χ1n) is 6.18. The fraction of sp³-hybridized carbons (Fsp3) is 0.462. The molecule has 1 aliphatic heterocycles. The van der Waals surface area contributed by atoms with Crippen LogP contribution in [0.4, 0.5) is 17.6 Å². The molecule has 1 heterocycles. The average molecular weight is 291 g/mol. The lowest BCUT2D eigenvalue weighted by molar-refractivity contribution is 0.0614. The summed E-state index contributed by atoms with van der Waals surface area (Å²) in [5.41, 5.74) is -0.833. The minimum Gasteiger partial charge on any atom is -0.396 e. The lowest BCUT2D eigenvalue weighted by Crippen LogP contribution is -2.41. The number of aliphatic hydroxyl groups is 1. The summed E-state index contributed by atoms with van der Waals surface area (Å²) in [5, 5.41) is 9.06. The first-order chi connectivity index (χ1) is 9.45. The predicted molar refractivity (Wildman–Crippen MR) is 62.0 cm³/mol. The van der Waals surface area contributed by atoms with E-state index in [9.17, 15) is 22.4 Å². The molecule has 0 aliphatic carbocycles. The third-order valence-corrected chi connectivity index (χ3v) is 3.40. The molecule has 0 spiro atoms. The summed E-state index contributed by atoms with van der Waals surface area (Å²) in [6, 6.07) is 0.360. The van der Waals surface area contributed by atoms with Gasteiger partial charge in [-0.25, -0.2) is 17.6 Å². The van der Waals surface area contributed by atoms with Crippen molar-refractivity contribution in [3.8, 4) is 0 Å². The number of halogens is 4. The van der Waals surface area contributed by atoms with Crippen molar-refractivity contribution < 1.29 is 27.5 Å². The smallest absolute Gasteiger partial charge is 0.257 e. The quantitative estimate of drug-likeness (QED) is 0.515. The van der Waals surface area contributed by atoms with E-state index in [1.165, 1.54) is 4.90 Å². The lowest BCUT2D eigenvalue weighted by atomic mass is 9.98. The van der Waals surface area contributed by atoms with Crippen LogP contribution in [0.2, 0.25) is 0 Å². The van der Waals surface area contributed by atoms with Crippen LogP contribution in [0.25, 0.3) is 0 Å². The first kappa shape index (κ1) is 14.8. The highest BCUT2D eigenvalue weighted by Gasteiger charge is 2.29. The van der Waals surface area contributed by atoms with Crippen LogP contribution in [0, 0.1) is 29.2 Å². The average Bonchev–Trinajstić information content (AvgIpc) is 2.48. The third-order valence-electron chi connectivity index (χ3n) is 3.40. The van der Waals surface area contributed by atoms with Gasteiger partial charge in [-0.2, -0.15) is 0 Å². The third kappa shape index (κ3) is 2.63. The molecule has 1 N–H and O–H groups in total. The second-order valence-electron chi connectivity index (χ2n) is 4.79. The van der Waals surface area contributed by atoms with E-state index in [4.69, 9.17) is 5.11 Å². The van der Waals surface area contributed by atoms with Crippen LogP contribution >= 0.6 is 0 Å². The molecule has 3 nitrogen and oxygen atoms in total. The van der Waals surface area contributed by atoms with Gasteiger partial charge in [0.25, 0.3) is 5.91 Å². The van der Waals surface area contributed by atoms with E-state index in [1.54, 1.807) is 0 Å². The summed E-state index contributed by atoms with van der Waals surface area (Å²) in [6.45, 7) is 0.350. The zero-order valence-electron chi connectivity index (χ0n) is 10.5. The molecule has 1 aromatic rings. The SMILES string of the molecule is O=C(c1cc(F)c(F)c(F)c1F)N1CCCC(CO)C1. The summed E-state index contributed by atoms with van der Waals surface area (Å²) in [4.78, 5) is 13.3. The number of hydrogen-bond acceptors (Lipinski definition) is 2. The Balaban J connectivity index is 2.29. The number of rotatable bonds is 2. The Hall–Kier alpha value is -1.63. The van der Waals surface area contributed by atoms with Gasteiger partial charge in [-0.15, -0.1) is 0 Å². The van der Waals surface area contributed by atoms with Crippen LogP contribution < -0.4 is 0 Å². The van der Waals surface area contributed by atoms with Crippen molar-refractivity contribution in [3.05, 3.63) is 34.9 Å². The Bertz CT molecular complexity index is 536. The Morgan fingerprint density at radius 1 is 1.25 bits per heavy atom. The van der Waals surface area contributed by atoms with E-state index < -0.39 is 34.7 Å². The standard InChI is InChI=1S/C13H13F4NO2/c14-9-4-8(10(15)12(17)11(9)16)13(20)18-3-1-2-7(5-18)6-19/h4,7,19H,1-3,5-6H2. The highest BCUT2D eigenvalue weighted by atomic mass is 19.2. The number of carbonyl (C=O) groups is 1. The maximum Gasteiger partial charge on any atom is 0.257 e. The van der Waals surface area contributed by atoms with Crippen LogP contribution in [0.15, 0.2) is 6.07 Å². The van der Waals surface area contributed by atoms with Gasteiger partial charge in [-0.05, 0) is 24.8 Å². The Morgan fingerprint density at radius 3 is 2.60 bits per heavy atom. The van der Waals surface area contributed by atoms with Crippen LogP contribution in [0.5, 0.6) is 0 Å². The summed E-state index contributed by atoms with van der Waals surface area (Å²) >= 11 is 0. The number of amides is 1. The van der Waals surface area contributed by atoms with Crippen molar-refractivity contribution >= 4 is 5.91 Å². The van der Waals surface area contributed by atoms with Crippen molar-refractivity contribution in [2.75, 3.05) is 19.7 Å². The van der Waals surface area contributed by atoms with Gasteiger partial charge in [0.15, 0.2) is 23.3 Å². The molecule has 1 aliphatic rings. The lowest BCUT2D eigenvalue weighted by Gasteiger charge is -2.32. The molecule has 1 aromatic carbocycles. The summed E-state index contributed by atoms with van der Waals surface area (Å²) in [5.74, 6) is -8.29. The van der Waals surface area contributed by atoms with Crippen molar-refractivity contribution in [2.45, 2.75) is 12.8 Å². The second-order valence-corrected chi connectivity index (χ2v) is 4.79. The van der Waals surface area contributed by atoms with E-state index in [2.05, 4.69) is 0 Å². The van der Waals surface area contributed by atoms with Crippen molar-refractivity contribution in [1.29, 1.82) is 0 Å². The largest absolute Gasteiger partial charge is 0.396 e. The van der Waals surface area contributed by atoms with Gasteiger partial charge in [0, 0.05) is 19.7 Å². The second kappa shape index (κ2) is 5.78. The van der Waals surface area contributed by atoms with Gasteiger partial charge in [0.2, 0.25) is 0 Å². The molecule has 20 heavy (non-hydrogen) atoms. The molecule has 1 unspecified atom stereocenters. The Kier molecular flexibility index (Phi) is 4.27. The molecule has 1 amide bonds. The molecule has 0 saturated carbocycles. The van der Waals surface area contributed by atoms with E-state index in [1.807, 2.05) is 0 Å². The highest BCUT2D eigenvalue weighted by Crippen LogP contribution is 2.23. The topological polar surface area (TPSA) is 40.5 Å². The number of piperidine rings is 1. The van der Waals surface area contributed by atoms with Gasteiger partial charge in [-0.1, -0.05) is 0 Å². The van der Waals surface area contributed by atoms with Gasteiger partial charge >= 0.3 is 0 Å². The van der Waals surface area contributed by atoms with E-state index in [0.29, 0.717) is 19.0 Å². The molecule has 2 rings (SSSR count). The zero-order valence-corrected chi connectivity index (χ0v) is 10.5. The number of nitrogens with zero attached hydrogens (tertiary/aromatic N) is 1. The molecule has 1 atom stereocenters. The van der Waals surface area contributed by atoms with E-state index in [0.717, 1.165) is 6.42 Å². The van der Waals surface area contributed by atoms with Crippen LogP contribution in [0.3, 0.4) is 0 Å². The first-order valence-corrected chi connectivity index (χ1v) is 6.18. The van der Waals surface area contributed by atoms with Crippen LogP contribution in [-0.4, -0.2) is 35.6 Å². The molecule has 7 heteroatoms. The Morgan fingerprint density at radius 2 is 1.95 bits per heavy atom. The maximum absolute atomic E-state index is 13.5. The summed E-state index contributed by atoms with van der Waals surface area (Å²) < 4.78 is 52.6. The molecule has 0 aromatic heterocycles. The molecule has 0 radical (unpaired) electrons. The fourth-order valence-corrected chi connectivity index (χ4v) is 2.30. The number of likely N-dealkylation sites (tertiary alicyclic amines) is 1. The van der Waals surface area contributed by atoms with Crippen molar-refractivity contribution in [1.82, 2.24) is 4.90 Å². The van der Waals surface area contributed by atoms with Crippen molar-refractivity contribution in [2.24, 2.45) is 5.92 Å². The summed E-state index contributed by atoms with van der Waals surface area (Å²) in [7, 11) is 0. The molecule has 1 fully saturated rings. The number of aliphatic hydroxyl groups excluding tert-OH is 1. The van der Waals surface area contributed by atoms with Crippen LogP contribution in [0.1, 0.15) is 23.2 Å². The number of benzene rings is 1. The number of hydrogen-bond donors (Lipinski definition) is 1. The minimum absolute atomic E-state index is 0.127. The molecule has 110 valence electrons. The van der Waals surface area contributed by atoms with E-state index in [-0.39, 0.29) is 19.1 Å². The van der Waals surface area contributed by atoms with Crippen molar-refractivity contribution in [3.63, 3.8) is 0 Å². The Labute approximate surface area is 112 Å². The van der Waals surface area contributed by atoms with Gasteiger partial charge < -0.3 is 10.0 Å². The molecular weight excluding hydrogens is 278 g/mol. The summed E-state index contributed by atoms with van der Waals surface area (Å²) in [6.07, 6.45) is 1.32. The van der Waals surface area contributed by atoms with E-state index >= 15 is 0 Å². The maximum atomic E-state index is 13.5. The van der Waals surface area contributed by atoms with Crippen LogP contribution in [-0.2, 0) is 0 Å². The van der Waals surface area contributed by atoms with Gasteiger partial charge in [-0.3, -0.25) is 4.79 Å². The minimum atomic E-state index is -2.00.